The molecule has 3 nitrogen and oxygen atoms in total. The van der Waals surface area contributed by atoms with Crippen molar-refractivity contribution in [3.05, 3.63) is 95.3 Å². The van der Waals surface area contributed by atoms with E-state index in [9.17, 15) is 4.79 Å². The van der Waals surface area contributed by atoms with E-state index in [0.717, 1.165) is 13.0 Å². The molecule has 0 bridgehead atoms. The van der Waals surface area contributed by atoms with Gasteiger partial charge in [0, 0.05) is 30.4 Å². The molecule has 1 amide bonds. The van der Waals surface area contributed by atoms with Gasteiger partial charge >= 0.3 is 0 Å². The quantitative estimate of drug-likeness (QED) is 0.535. The van der Waals surface area contributed by atoms with Gasteiger partial charge in [0.15, 0.2) is 0 Å². The maximum atomic E-state index is 13.3. The van der Waals surface area contributed by atoms with E-state index < -0.39 is 0 Å². The Hall–Kier alpha value is -2.81. The molecular weight excluding hydrogens is 356 g/mol. The molecule has 1 aliphatic carbocycles. The molecular formula is C26H30N2O. The third-order valence-corrected chi connectivity index (χ3v) is 5.93. The third-order valence-electron chi connectivity index (χ3n) is 5.93. The van der Waals surface area contributed by atoms with Crippen molar-refractivity contribution in [2.75, 3.05) is 0 Å². The average molecular weight is 387 g/mol. The minimum absolute atomic E-state index is 0.125. The van der Waals surface area contributed by atoms with E-state index in [1.165, 1.54) is 22.4 Å². The van der Waals surface area contributed by atoms with Crippen LogP contribution < -0.4 is 0 Å². The van der Waals surface area contributed by atoms with Crippen molar-refractivity contribution in [1.29, 1.82) is 0 Å². The van der Waals surface area contributed by atoms with Gasteiger partial charge in [0.05, 0.1) is 6.54 Å². The van der Waals surface area contributed by atoms with E-state index in [0.29, 0.717) is 12.5 Å². The number of hydrogen-bond donors (Lipinski definition) is 0. The van der Waals surface area contributed by atoms with Crippen LogP contribution in [0.25, 0.3) is 0 Å². The van der Waals surface area contributed by atoms with E-state index in [1.54, 1.807) is 0 Å². The Balaban J connectivity index is 1.47. The predicted molar refractivity (Wildman–Crippen MR) is 118 cm³/mol. The zero-order valence-electron chi connectivity index (χ0n) is 17.6. The second-order valence-corrected chi connectivity index (χ2v) is 8.54. The van der Waals surface area contributed by atoms with Crippen LogP contribution in [0.2, 0.25) is 0 Å². The Morgan fingerprint density at radius 2 is 1.86 bits per heavy atom. The summed E-state index contributed by atoms with van der Waals surface area (Å²) in [6.07, 6.45) is 3.08. The lowest BCUT2D eigenvalue weighted by molar-refractivity contribution is -0.135. The summed E-state index contributed by atoms with van der Waals surface area (Å²) in [5.74, 6) is 0.793. The molecule has 150 valence electrons. The van der Waals surface area contributed by atoms with Gasteiger partial charge in [0.2, 0.25) is 5.91 Å². The Bertz CT molecular complexity index is 973. The number of carbonyl (C=O) groups is 1. The second kappa shape index (κ2) is 8.28. The van der Waals surface area contributed by atoms with Gasteiger partial charge in [-0.3, -0.25) is 4.79 Å². The summed E-state index contributed by atoms with van der Waals surface area (Å²) >= 11 is 0. The molecule has 0 aliphatic heterocycles. The minimum atomic E-state index is 0.125. The molecule has 0 unspecified atom stereocenters. The summed E-state index contributed by atoms with van der Waals surface area (Å²) < 4.78 is 2.26. The summed E-state index contributed by atoms with van der Waals surface area (Å²) in [7, 11) is 0. The highest BCUT2D eigenvalue weighted by Gasteiger charge is 2.46. The molecule has 0 radical (unpaired) electrons. The van der Waals surface area contributed by atoms with Crippen LogP contribution in [0.5, 0.6) is 0 Å². The van der Waals surface area contributed by atoms with Crippen LogP contribution in [0.3, 0.4) is 0 Å². The molecule has 2 atom stereocenters. The first-order valence-electron chi connectivity index (χ1n) is 10.6. The van der Waals surface area contributed by atoms with Crippen LogP contribution in [0.15, 0.2) is 72.9 Å². The van der Waals surface area contributed by atoms with E-state index in [4.69, 9.17) is 0 Å². The molecule has 1 aliphatic rings. The van der Waals surface area contributed by atoms with Crippen molar-refractivity contribution in [3.63, 3.8) is 0 Å². The number of carbonyl (C=O) groups excluding carboxylic acids is 1. The molecule has 3 aromatic rings. The van der Waals surface area contributed by atoms with Crippen molar-refractivity contribution in [2.45, 2.75) is 52.2 Å². The third kappa shape index (κ3) is 4.45. The zero-order valence-corrected chi connectivity index (χ0v) is 17.6. The average Bonchev–Trinajstić information content (AvgIpc) is 3.40. The topological polar surface area (TPSA) is 25.2 Å². The van der Waals surface area contributed by atoms with Crippen molar-refractivity contribution in [1.82, 2.24) is 9.47 Å². The number of rotatable bonds is 7. The summed E-state index contributed by atoms with van der Waals surface area (Å²) in [4.78, 5) is 15.3. The number of nitrogens with zero attached hydrogens (tertiary/aromatic N) is 2. The maximum absolute atomic E-state index is 13.3. The van der Waals surface area contributed by atoms with Gasteiger partial charge in [-0.05, 0) is 56.4 Å². The first kappa shape index (κ1) is 19.5. The Kier molecular flexibility index (Phi) is 5.57. The van der Waals surface area contributed by atoms with E-state index in [1.807, 2.05) is 6.07 Å². The molecule has 0 N–H and O–H groups in total. The molecule has 0 saturated heterocycles. The Labute approximate surface area is 174 Å². The molecule has 29 heavy (non-hydrogen) atoms. The molecule has 0 spiro atoms. The SMILES string of the molecule is Cc1cccc(Cn2cccc2CN(C(=O)[C@H]2C[C@@H]2c2ccccc2)C(C)C)c1. The highest BCUT2D eigenvalue weighted by Crippen LogP contribution is 2.48. The number of aryl methyl sites for hydroxylation is 1. The van der Waals surface area contributed by atoms with Crippen LogP contribution in [0.4, 0.5) is 0 Å². The van der Waals surface area contributed by atoms with Gasteiger partial charge < -0.3 is 9.47 Å². The fourth-order valence-corrected chi connectivity index (χ4v) is 4.19. The lowest BCUT2D eigenvalue weighted by Gasteiger charge is -2.28. The second-order valence-electron chi connectivity index (χ2n) is 8.54. The van der Waals surface area contributed by atoms with E-state index in [-0.39, 0.29) is 17.9 Å². The number of benzene rings is 2. The van der Waals surface area contributed by atoms with Gasteiger partial charge in [-0.1, -0.05) is 60.2 Å². The maximum Gasteiger partial charge on any atom is 0.226 e. The lowest BCUT2D eigenvalue weighted by atomic mass is 10.1. The molecule has 2 aromatic carbocycles. The van der Waals surface area contributed by atoms with Crippen LogP contribution in [-0.2, 0) is 17.9 Å². The van der Waals surface area contributed by atoms with Crippen molar-refractivity contribution >= 4 is 5.91 Å². The summed E-state index contributed by atoms with van der Waals surface area (Å²) in [6, 6.07) is 23.5. The van der Waals surface area contributed by atoms with Crippen molar-refractivity contribution in [2.24, 2.45) is 5.92 Å². The Morgan fingerprint density at radius 1 is 1.07 bits per heavy atom. The normalized spacial score (nSPS) is 18.1. The van der Waals surface area contributed by atoms with Crippen molar-refractivity contribution in [3.8, 4) is 0 Å². The van der Waals surface area contributed by atoms with Gasteiger partial charge in [-0.25, -0.2) is 0 Å². The van der Waals surface area contributed by atoms with Gasteiger partial charge in [0.25, 0.3) is 0 Å². The first-order chi connectivity index (χ1) is 14.0. The lowest BCUT2D eigenvalue weighted by Crippen LogP contribution is -2.38. The first-order valence-corrected chi connectivity index (χ1v) is 10.6. The van der Waals surface area contributed by atoms with Gasteiger partial charge in [-0.15, -0.1) is 0 Å². The molecule has 1 saturated carbocycles. The molecule has 1 aromatic heterocycles. The van der Waals surface area contributed by atoms with Crippen LogP contribution >= 0.6 is 0 Å². The summed E-state index contributed by atoms with van der Waals surface area (Å²) in [5, 5.41) is 0. The fraction of sp³-hybridized carbons (Fsp3) is 0.346. The minimum Gasteiger partial charge on any atom is -0.345 e. The molecule has 1 fully saturated rings. The zero-order chi connectivity index (χ0) is 20.4. The van der Waals surface area contributed by atoms with E-state index in [2.05, 4.69) is 97.1 Å². The highest BCUT2D eigenvalue weighted by atomic mass is 16.2. The van der Waals surface area contributed by atoms with E-state index >= 15 is 0 Å². The summed E-state index contributed by atoms with van der Waals surface area (Å²) in [6.45, 7) is 7.85. The Morgan fingerprint density at radius 3 is 2.59 bits per heavy atom. The number of aromatic nitrogens is 1. The van der Waals surface area contributed by atoms with Gasteiger partial charge in [0.1, 0.15) is 0 Å². The highest BCUT2D eigenvalue weighted by molar-refractivity contribution is 5.83. The van der Waals surface area contributed by atoms with Crippen LogP contribution in [0.1, 0.15) is 48.6 Å². The molecule has 3 heteroatoms. The molecule has 4 rings (SSSR count). The van der Waals surface area contributed by atoms with Gasteiger partial charge in [-0.2, -0.15) is 0 Å². The molecule has 1 heterocycles. The number of amides is 1. The summed E-state index contributed by atoms with van der Waals surface area (Å²) in [5.41, 5.74) is 5.04. The standard InChI is InChI=1S/C26H30N2O/c1-19(2)28(26(29)25-16-24(25)22-11-5-4-6-12-22)18-23-13-8-14-27(23)17-21-10-7-9-20(3)15-21/h4-15,19,24-25H,16-18H2,1-3H3/t24-,25+/m1/s1. The largest absolute Gasteiger partial charge is 0.345 e. The van der Waals surface area contributed by atoms with Crippen LogP contribution in [0, 0.1) is 12.8 Å². The predicted octanol–water partition coefficient (Wildman–Crippen LogP) is 5.39. The van der Waals surface area contributed by atoms with Crippen LogP contribution in [-0.4, -0.2) is 21.4 Å². The fourth-order valence-electron chi connectivity index (χ4n) is 4.19. The van der Waals surface area contributed by atoms with Crippen molar-refractivity contribution < 1.29 is 4.79 Å². The monoisotopic (exact) mass is 386 g/mol. The number of hydrogen-bond acceptors (Lipinski definition) is 1. The smallest absolute Gasteiger partial charge is 0.226 e.